The molecule has 0 radical (unpaired) electrons. The van der Waals surface area contributed by atoms with Gasteiger partial charge in [-0.1, -0.05) is 30.7 Å². The Morgan fingerprint density at radius 2 is 1.86 bits per heavy atom. The van der Waals surface area contributed by atoms with Crippen molar-refractivity contribution in [1.82, 2.24) is 4.98 Å². The fourth-order valence-electron chi connectivity index (χ4n) is 4.67. The standard InChI is InChI=1S/C20H16N2/c21-10-14-5-2-6-16-15(14)7-8-17-19-13-4-1-3-12(9-13)18(19)11-22-20(16)17/h2,5-8,11-13H,1,3-4,9H2. The topological polar surface area (TPSA) is 36.7 Å². The SMILES string of the molecule is N#Cc1cccc2c1ccc1c3c(cnc12)C1CCCC3C1. The van der Waals surface area contributed by atoms with E-state index >= 15 is 0 Å². The van der Waals surface area contributed by atoms with Crippen molar-refractivity contribution in [1.29, 1.82) is 5.26 Å². The lowest BCUT2D eigenvalue weighted by Gasteiger charge is -2.18. The number of nitriles is 1. The first-order chi connectivity index (χ1) is 10.9. The molecule has 0 amide bonds. The van der Waals surface area contributed by atoms with Crippen LogP contribution in [0.2, 0.25) is 0 Å². The summed E-state index contributed by atoms with van der Waals surface area (Å²) in [5.74, 6) is 1.45. The van der Waals surface area contributed by atoms with Crippen LogP contribution in [-0.2, 0) is 0 Å². The molecule has 0 N–H and O–H groups in total. The summed E-state index contributed by atoms with van der Waals surface area (Å²) in [6.45, 7) is 0. The third-order valence-electron chi connectivity index (χ3n) is 5.61. The van der Waals surface area contributed by atoms with E-state index in [1.165, 1.54) is 36.6 Å². The molecule has 0 aliphatic heterocycles. The van der Waals surface area contributed by atoms with Gasteiger partial charge in [0.2, 0.25) is 0 Å². The Kier molecular flexibility index (Phi) is 2.38. The molecular formula is C20H16N2. The van der Waals surface area contributed by atoms with Crippen LogP contribution in [0, 0.1) is 11.3 Å². The zero-order valence-corrected chi connectivity index (χ0v) is 12.3. The molecule has 22 heavy (non-hydrogen) atoms. The van der Waals surface area contributed by atoms with Crippen molar-refractivity contribution >= 4 is 21.7 Å². The lowest BCUT2D eigenvalue weighted by molar-refractivity contribution is 0.436. The summed E-state index contributed by atoms with van der Waals surface area (Å²) in [7, 11) is 0. The van der Waals surface area contributed by atoms with Crippen molar-refractivity contribution in [2.24, 2.45) is 0 Å². The van der Waals surface area contributed by atoms with Crippen LogP contribution < -0.4 is 0 Å². The molecule has 1 saturated carbocycles. The number of fused-ring (bicyclic) bond motifs is 9. The minimum Gasteiger partial charge on any atom is -0.255 e. The molecular weight excluding hydrogens is 268 g/mol. The highest BCUT2D eigenvalue weighted by atomic mass is 14.7. The Morgan fingerprint density at radius 3 is 2.77 bits per heavy atom. The molecule has 5 rings (SSSR count). The summed E-state index contributed by atoms with van der Waals surface area (Å²) < 4.78 is 0. The van der Waals surface area contributed by atoms with Crippen molar-refractivity contribution < 1.29 is 0 Å². The monoisotopic (exact) mass is 284 g/mol. The van der Waals surface area contributed by atoms with Gasteiger partial charge in [0, 0.05) is 22.4 Å². The molecule has 2 aliphatic rings. The van der Waals surface area contributed by atoms with E-state index in [0.717, 1.165) is 33.7 Å². The predicted molar refractivity (Wildman–Crippen MR) is 87.9 cm³/mol. The molecule has 2 nitrogen and oxygen atoms in total. The van der Waals surface area contributed by atoms with Crippen LogP contribution in [0.15, 0.2) is 36.5 Å². The fourth-order valence-corrected chi connectivity index (χ4v) is 4.67. The van der Waals surface area contributed by atoms with Crippen molar-refractivity contribution in [3.8, 4) is 6.07 Å². The molecule has 1 aromatic heterocycles. The largest absolute Gasteiger partial charge is 0.255 e. The first kappa shape index (κ1) is 12.2. The molecule has 2 bridgehead atoms. The van der Waals surface area contributed by atoms with E-state index in [4.69, 9.17) is 4.98 Å². The maximum absolute atomic E-state index is 9.32. The van der Waals surface area contributed by atoms with E-state index in [9.17, 15) is 5.26 Å². The van der Waals surface area contributed by atoms with E-state index in [-0.39, 0.29) is 0 Å². The third-order valence-corrected chi connectivity index (χ3v) is 5.61. The van der Waals surface area contributed by atoms with Crippen LogP contribution >= 0.6 is 0 Å². The quantitative estimate of drug-likeness (QED) is 0.544. The second-order valence-electron chi connectivity index (χ2n) is 6.66. The maximum Gasteiger partial charge on any atom is 0.0998 e. The molecule has 1 fully saturated rings. The Morgan fingerprint density at radius 1 is 1.00 bits per heavy atom. The van der Waals surface area contributed by atoms with E-state index in [1.807, 2.05) is 12.1 Å². The number of pyridine rings is 1. The zero-order valence-electron chi connectivity index (χ0n) is 12.3. The smallest absolute Gasteiger partial charge is 0.0998 e. The molecule has 3 aromatic rings. The van der Waals surface area contributed by atoms with Crippen LogP contribution in [0.4, 0.5) is 0 Å². The second-order valence-corrected chi connectivity index (χ2v) is 6.66. The Balaban J connectivity index is 1.90. The van der Waals surface area contributed by atoms with Gasteiger partial charge in [-0.15, -0.1) is 0 Å². The Bertz CT molecular complexity index is 965. The van der Waals surface area contributed by atoms with Crippen LogP contribution in [0.1, 0.15) is 54.2 Å². The molecule has 106 valence electrons. The van der Waals surface area contributed by atoms with Crippen molar-refractivity contribution in [3.05, 3.63) is 53.2 Å². The summed E-state index contributed by atoms with van der Waals surface area (Å²) >= 11 is 0. The van der Waals surface area contributed by atoms with Gasteiger partial charge in [0.05, 0.1) is 17.1 Å². The number of rotatable bonds is 0. The average molecular weight is 284 g/mol. The van der Waals surface area contributed by atoms with Crippen LogP contribution in [0.3, 0.4) is 0 Å². The summed E-state index contributed by atoms with van der Waals surface area (Å²) in [6.07, 6.45) is 7.41. The summed E-state index contributed by atoms with van der Waals surface area (Å²) in [4.78, 5) is 4.81. The normalized spacial score (nSPS) is 22.7. The first-order valence-corrected chi connectivity index (χ1v) is 8.11. The molecule has 1 heterocycles. The highest BCUT2D eigenvalue weighted by Gasteiger charge is 2.35. The minimum atomic E-state index is 0.718. The molecule has 2 aromatic carbocycles. The molecule has 2 unspecified atom stereocenters. The van der Waals surface area contributed by atoms with E-state index in [0.29, 0.717) is 0 Å². The van der Waals surface area contributed by atoms with Gasteiger partial charge < -0.3 is 0 Å². The van der Waals surface area contributed by atoms with E-state index in [2.05, 4.69) is 30.5 Å². The number of hydrogen-bond donors (Lipinski definition) is 0. The third kappa shape index (κ3) is 1.46. The van der Waals surface area contributed by atoms with E-state index < -0.39 is 0 Å². The van der Waals surface area contributed by atoms with Crippen molar-refractivity contribution in [2.75, 3.05) is 0 Å². The van der Waals surface area contributed by atoms with Gasteiger partial charge in [0.25, 0.3) is 0 Å². The molecule has 2 heteroatoms. The van der Waals surface area contributed by atoms with E-state index in [1.54, 1.807) is 5.56 Å². The van der Waals surface area contributed by atoms with Gasteiger partial charge in [-0.25, -0.2) is 0 Å². The maximum atomic E-state index is 9.32. The second kappa shape index (κ2) is 4.30. The summed E-state index contributed by atoms with van der Waals surface area (Å²) in [5, 5.41) is 12.8. The molecule has 0 spiro atoms. The Labute approximate surface area is 129 Å². The number of nitrogens with zero attached hydrogens (tertiary/aromatic N) is 2. The number of aromatic nitrogens is 1. The number of hydrogen-bond acceptors (Lipinski definition) is 2. The first-order valence-electron chi connectivity index (χ1n) is 8.11. The highest BCUT2D eigenvalue weighted by Crippen LogP contribution is 2.52. The molecule has 2 atom stereocenters. The fraction of sp³-hybridized carbons (Fsp3) is 0.300. The van der Waals surface area contributed by atoms with Gasteiger partial charge in [-0.2, -0.15) is 5.26 Å². The van der Waals surface area contributed by atoms with Crippen LogP contribution in [-0.4, -0.2) is 4.98 Å². The minimum absolute atomic E-state index is 0.718. The molecule has 2 aliphatic carbocycles. The Hall–Kier alpha value is -2.40. The van der Waals surface area contributed by atoms with Crippen molar-refractivity contribution in [3.63, 3.8) is 0 Å². The van der Waals surface area contributed by atoms with Crippen molar-refractivity contribution in [2.45, 2.75) is 37.5 Å². The summed E-state index contributed by atoms with van der Waals surface area (Å²) in [5.41, 5.74) is 4.85. The predicted octanol–water partition coefficient (Wildman–Crippen LogP) is 5.01. The lowest BCUT2D eigenvalue weighted by atomic mass is 9.86. The number of benzene rings is 2. The van der Waals surface area contributed by atoms with Gasteiger partial charge in [-0.05, 0) is 48.3 Å². The molecule has 0 saturated heterocycles. The van der Waals surface area contributed by atoms with Gasteiger partial charge in [-0.3, -0.25) is 4.98 Å². The van der Waals surface area contributed by atoms with Gasteiger partial charge in [0.15, 0.2) is 0 Å². The highest BCUT2D eigenvalue weighted by molar-refractivity contribution is 6.08. The van der Waals surface area contributed by atoms with Gasteiger partial charge >= 0.3 is 0 Å². The average Bonchev–Trinajstić information content (AvgIpc) is 2.84. The van der Waals surface area contributed by atoms with Gasteiger partial charge in [0.1, 0.15) is 0 Å². The van der Waals surface area contributed by atoms with Crippen LogP contribution in [0.25, 0.3) is 21.7 Å². The van der Waals surface area contributed by atoms with Crippen LogP contribution in [0.5, 0.6) is 0 Å². The lowest BCUT2D eigenvalue weighted by Crippen LogP contribution is -2.01. The zero-order chi connectivity index (χ0) is 14.7. The summed E-state index contributed by atoms with van der Waals surface area (Å²) in [6, 6.07) is 12.6.